The molecule has 160 valence electrons. The smallest absolute Gasteiger partial charge is 0.274 e. The molecule has 5 rings (SSSR count). The van der Waals surface area contributed by atoms with E-state index >= 15 is 0 Å². The lowest BCUT2D eigenvalue weighted by Crippen LogP contribution is -2.50. The number of piperidine rings is 1. The topological polar surface area (TPSA) is 58.1 Å². The normalized spacial score (nSPS) is 19.4. The summed E-state index contributed by atoms with van der Waals surface area (Å²) in [7, 11) is 0. The first-order chi connectivity index (χ1) is 15.0. The lowest BCUT2D eigenvalue weighted by molar-refractivity contribution is 0.0541. The van der Waals surface area contributed by atoms with Gasteiger partial charge in [-0.15, -0.1) is 11.3 Å². The van der Waals surface area contributed by atoms with Crippen molar-refractivity contribution in [3.63, 3.8) is 0 Å². The summed E-state index contributed by atoms with van der Waals surface area (Å²) in [4.78, 5) is 25.3. The highest BCUT2D eigenvalue weighted by atomic mass is 32.1. The van der Waals surface area contributed by atoms with Gasteiger partial charge in [0, 0.05) is 19.1 Å². The van der Waals surface area contributed by atoms with E-state index in [1.807, 2.05) is 42.2 Å². The van der Waals surface area contributed by atoms with Crippen LogP contribution in [0.4, 0.5) is 10.2 Å². The Balaban J connectivity index is 1.39. The van der Waals surface area contributed by atoms with Crippen LogP contribution < -0.4 is 5.32 Å². The Morgan fingerprint density at radius 1 is 1.23 bits per heavy atom. The Labute approximate surface area is 185 Å². The van der Waals surface area contributed by atoms with Gasteiger partial charge >= 0.3 is 0 Å². The maximum Gasteiger partial charge on any atom is 0.274 e. The molecule has 2 fully saturated rings. The number of pyridine rings is 1. The molecule has 0 radical (unpaired) electrons. The number of aryl methyl sites for hydroxylation is 1. The van der Waals surface area contributed by atoms with E-state index < -0.39 is 0 Å². The number of amides is 1. The average Bonchev–Trinajstić information content (AvgIpc) is 3.42. The molecule has 1 amide bonds. The largest absolute Gasteiger partial charge is 0.368 e. The molecule has 1 saturated heterocycles. The molecular weight excluding hydrogens is 411 g/mol. The monoisotopic (exact) mass is 436 g/mol. The van der Waals surface area contributed by atoms with Crippen LogP contribution in [0, 0.1) is 18.2 Å². The second-order valence-electron chi connectivity index (χ2n) is 8.63. The van der Waals surface area contributed by atoms with E-state index in [9.17, 15) is 9.18 Å². The maximum absolute atomic E-state index is 13.7. The Bertz CT molecular complexity index is 1080. The predicted molar refractivity (Wildman–Crippen MR) is 121 cm³/mol. The highest BCUT2D eigenvalue weighted by Gasteiger charge is 2.49. The van der Waals surface area contributed by atoms with Gasteiger partial charge in [0.2, 0.25) is 0 Å². The van der Waals surface area contributed by atoms with Crippen LogP contribution in [-0.4, -0.2) is 39.9 Å². The number of nitrogens with zero attached hydrogens (tertiary/aromatic N) is 3. The third-order valence-electron chi connectivity index (χ3n) is 6.43. The summed E-state index contributed by atoms with van der Waals surface area (Å²) in [6.45, 7) is 3.28. The second-order valence-corrected chi connectivity index (χ2v) is 9.83. The van der Waals surface area contributed by atoms with Crippen LogP contribution in [0.5, 0.6) is 0 Å². The molecule has 7 heteroatoms. The maximum atomic E-state index is 13.7. The van der Waals surface area contributed by atoms with Crippen molar-refractivity contribution < 1.29 is 9.18 Å². The molecule has 31 heavy (non-hydrogen) atoms. The molecule has 1 N–H and O–H groups in total. The second kappa shape index (κ2) is 8.04. The number of carbonyl (C=O) groups is 1. The predicted octanol–water partition coefficient (Wildman–Crippen LogP) is 5.15. The lowest BCUT2D eigenvalue weighted by atomic mass is 9.87. The van der Waals surface area contributed by atoms with Gasteiger partial charge in [0.1, 0.15) is 17.3 Å². The summed E-state index contributed by atoms with van der Waals surface area (Å²) in [5, 5.41) is 4.20. The third kappa shape index (κ3) is 4.19. The van der Waals surface area contributed by atoms with E-state index in [4.69, 9.17) is 0 Å². The number of likely N-dealkylation sites (tertiary alicyclic amines) is 1. The van der Waals surface area contributed by atoms with Gasteiger partial charge in [0.15, 0.2) is 0 Å². The quantitative estimate of drug-likeness (QED) is 0.601. The highest BCUT2D eigenvalue weighted by molar-refractivity contribution is 7.15. The summed E-state index contributed by atoms with van der Waals surface area (Å²) in [5.41, 5.74) is 1.96. The highest BCUT2D eigenvalue weighted by Crippen LogP contribution is 2.55. The van der Waals surface area contributed by atoms with E-state index in [-0.39, 0.29) is 17.8 Å². The van der Waals surface area contributed by atoms with Gasteiger partial charge in [-0.2, -0.15) is 0 Å². The van der Waals surface area contributed by atoms with E-state index in [0.717, 1.165) is 34.8 Å². The van der Waals surface area contributed by atoms with Crippen molar-refractivity contribution in [1.29, 1.82) is 0 Å². The summed E-state index contributed by atoms with van der Waals surface area (Å²) in [6.07, 6.45) is 5.72. The van der Waals surface area contributed by atoms with Crippen molar-refractivity contribution in [2.45, 2.75) is 38.6 Å². The first kappa shape index (κ1) is 20.1. The van der Waals surface area contributed by atoms with Crippen molar-refractivity contribution in [3.8, 4) is 10.4 Å². The molecule has 2 aromatic heterocycles. The molecule has 1 spiro atoms. The van der Waals surface area contributed by atoms with Gasteiger partial charge in [-0.3, -0.25) is 4.79 Å². The van der Waals surface area contributed by atoms with Gasteiger partial charge in [-0.05, 0) is 55.7 Å². The number of hydrogen-bond acceptors (Lipinski definition) is 5. The Morgan fingerprint density at radius 2 is 2.03 bits per heavy atom. The molecule has 1 saturated carbocycles. The van der Waals surface area contributed by atoms with Crippen LogP contribution in [0.1, 0.15) is 41.2 Å². The molecular formula is C24H25FN4OS. The van der Waals surface area contributed by atoms with Crippen LogP contribution in [0.25, 0.3) is 10.4 Å². The molecule has 3 aromatic rings. The number of carbonyl (C=O) groups excluding carboxylic acids is 1. The molecule has 1 aliphatic heterocycles. The number of halogens is 1. The lowest BCUT2D eigenvalue weighted by Gasteiger charge is -2.40. The van der Waals surface area contributed by atoms with Crippen LogP contribution in [0.15, 0.2) is 48.7 Å². The fourth-order valence-corrected chi connectivity index (χ4v) is 5.44. The minimum Gasteiger partial charge on any atom is -0.368 e. The number of hydrogen-bond donors (Lipinski definition) is 1. The first-order valence-electron chi connectivity index (χ1n) is 10.7. The van der Waals surface area contributed by atoms with E-state index in [0.29, 0.717) is 23.5 Å². The number of rotatable bonds is 5. The number of nitrogens with one attached hydrogen (secondary N) is 1. The van der Waals surface area contributed by atoms with Gasteiger partial charge < -0.3 is 10.2 Å². The molecule has 2 aliphatic rings. The fourth-order valence-electron chi connectivity index (χ4n) is 4.53. The van der Waals surface area contributed by atoms with Crippen molar-refractivity contribution in [1.82, 2.24) is 14.9 Å². The minimum absolute atomic E-state index is 0.00225. The van der Waals surface area contributed by atoms with Gasteiger partial charge in [0.25, 0.3) is 5.91 Å². The van der Waals surface area contributed by atoms with E-state index in [1.165, 1.54) is 25.1 Å². The zero-order valence-corrected chi connectivity index (χ0v) is 18.3. The van der Waals surface area contributed by atoms with Gasteiger partial charge in [-0.25, -0.2) is 14.4 Å². The number of benzene rings is 1. The van der Waals surface area contributed by atoms with Crippen LogP contribution >= 0.6 is 11.3 Å². The molecule has 0 unspecified atom stereocenters. The Kier molecular flexibility index (Phi) is 5.22. The summed E-state index contributed by atoms with van der Waals surface area (Å²) >= 11 is 1.56. The first-order valence-corrected chi connectivity index (χ1v) is 11.5. The summed E-state index contributed by atoms with van der Waals surface area (Å²) < 4.78 is 13.2. The summed E-state index contributed by atoms with van der Waals surface area (Å²) in [5.74, 6) is 0.264. The third-order valence-corrected chi connectivity index (χ3v) is 7.45. The molecule has 3 heterocycles. The molecule has 1 aromatic carbocycles. The van der Waals surface area contributed by atoms with Crippen molar-refractivity contribution in [3.05, 3.63) is 65.2 Å². The van der Waals surface area contributed by atoms with Crippen LogP contribution in [-0.2, 0) is 0 Å². The number of thiazole rings is 1. The summed E-state index contributed by atoms with van der Waals surface area (Å²) in [6, 6.07) is 13.1. The van der Waals surface area contributed by atoms with Crippen LogP contribution in [0.3, 0.4) is 0 Å². The van der Waals surface area contributed by atoms with Gasteiger partial charge in [0.05, 0.1) is 16.1 Å². The van der Waals surface area contributed by atoms with Crippen molar-refractivity contribution in [2.24, 2.45) is 5.41 Å². The molecule has 1 aliphatic carbocycles. The Hall–Kier alpha value is -2.80. The van der Waals surface area contributed by atoms with E-state index in [1.54, 1.807) is 17.4 Å². The zero-order chi connectivity index (χ0) is 21.4. The SMILES string of the molecule is Cc1nc(C(=O)N2CCC3(CC3)C[C@H]2CNc2ccc(F)cn2)c(-c2ccccc2)s1. The number of aromatic nitrogens is 2. The minimum atomic E-state index is -0.357. The standard InChI is InChI=1S/C24H25FN4OS/c1-16-28-21(22(31-16)17-5-3-2-4-6-17)23(30)29-12-11-24(9-10-24)13-19(29)15-27-20-8-7-18(25)14-26-20/h2-8,14,19H,9-13,15H2,1H3,(H,26,27)/t19-/m0/s1. The molecule has 1 atom stereocenters. The molecule has 5 nitrogen and oxygen atoms in total. The number of anilines is 1. The van der Waals surface area contributed by atoms with Crippen LogP contribution in [0.2, 0.25) is 0 Å². The zero-order valence-electron chi connectivity index (χ0n) is 17.5. The van der Waals surface area contributed by atoms with Gasteiger partial charge in [-0.1, -0.05) is 30.3 Å². The average molecular weight is 437 g/mol. The fraction of sp³-hybridized carbons (Fsp3) is 0.375. The van der Waals surface area contributed by atoms with Crippen molar-refractivity contribution >= 4 is 23.1 Å². The molecule has 0 bridgehead atoms. The van der Waals surface area contributed by atoms with Crippen molar-refractivity contribution in [2.75, 3.05) is 18.4 Å². The van der Waals surface area contributed by atoms with E-state index in [2.05, 4.69) is 15.3 Å². The Morgan fingerprint density at radius 3 is 2.74 bits per heavy atom.